The molecule has 32 heavy (non-hydrogen) atoms. The highest BCUT2D eigenvalue weighted by molar-refractivity contribution is 6.30. The number of nitrogens with zero attached hydrogens (tertiary/aromatic N) is 3. The third-order valence-corrected chi connectivity index (χ3v) is 6.95. The summed E-state index contributed by atoms with van der Waals surface area (Å²) in [4.78, 5) is 20.2. The van der Waals surface area contributed by atoms with Crippen molar-refractivity contribution in [2.75, 3.05) is 13.1 Å². The lowest BCUT2D eigenvalue weighted by atomic mass is 9.91. The van der Waals surface area contributed by atoms with E-state index in [1.807, 2.05) is 30.0 Å². The van der Waals surface area contributed by atoms with Crippen LogP contribution in [0, 0.1) is 6.92 Å². The molecule has 2 aliphatic rings. The molecule has 1 aliphatic heterocycles. The molecule has 0 bridgehead atoms. The average molecular weight is 449 g/mol. The molecule has 0 spiro atoms. The van der Waals surface area contributed by atoms with Gasteiger partial charge in [-0.3, -0.25) is 14.9 Å². The molecule has 1 N–H and O–H groups in total. The Kier molecular flexibility index (Phi) is 6.01. The van der Waals surface area contributed by atoms with Gasteiger partial charge in [0.05, 0.1) is 0 Å². The van der Waals surface area contributed by atoms with E-state index in [0.717, 1.165) is 72.7 Å². The first-order valence-electron chi connectivity index (χ1n) is 11.6. The van der Waals surface area contributed by atoms with Crippen LogP contribution in [-0.4, -0.2) is 39.1 Å². The van der Waals surface area contributed by atoms with Gasteiger partial charge in [0.1, 0.15) is 0 Å². The van der Waals surface area contributed by atoms with Crippen molar-refractivity contribution in [3.05, 3.63) is 80.9 Å². The lowest BCUT2D eigenvalue weighted by Gasteiger charge is -2.32. The van der Waals surface area contributed by atoms with Crippen LogP contribution in [0.2, 0.25) is 5.02 Å². The van der Waals surface area contributed by atoms with Crippen LogP contribution in [0.1, 0.15) is 75.9 Å². The van der Waals surface area contributed by atoms with E-state index in [-0.39, 0.29) is 11.8 Å². The smallest absolute Gasteiger partial charge is 0.274 e. The third kappa shape index (κ3) is 4.44. The topological polar surface area (TPSA) is 61.9 Å². The maximum atomic E-state index is 13.3. The summed E-state index contributed by atoms with van der Waals surface area (Å²) in [5, 5.41) is 8.28. The molecule has 166 valence electrons. The number of piperidine rings is 1. The predicted octanol–water partition coefficient (Wildman–Crippen LogP) is 5.26. The Morgan fingerprint density at radius 1 is 1.16 bits per heavy atom. The van der Waals surface area contributed by atoms with E-state index in [9.17, 15) is 4.79 Å². The summed E-state index contributed by atoms with van der Waals surface area (Å²) in [6.45, 7) is 3.54. The van der Waals surface area contributed by atoms with E-state index in [2.05, 4.69) is 28.4 Å². The van der Waals surface area contributed by atoms with E-state index in [1.165, 1.54) is 17.5 Å². The summed E-state index contributed by atoms with van der Waals surface area (Å²) in [5.41, 5.74) is 7.46. The summed E-state index contributed by atoms with van der Waals surface area (Å²) in [5.74, 6) is 0.321. The van der Waals surface area contributed by atoms with Gasteiger partial charge in [-0.2, -0.15) is 5.10 Å². The van der Waals surface area contributed by atoms with Crippen molar-refractivity contribution in [3.8, 4) is 0 Å². The summed E-state index contributed by atoms with van der Waals surface area (Å²) < 4.78 is 0. The number of rotatable bonds is 4. The molecule has 1 amide bonds. The number of likely N-dealkylation sites (tertiary alicyclic amines) is 1. The van der Waals surface area contributed by atoms with Crippen molar-refractivity contribution < 1.29 is 4.79 Å². The second kappa shape index (κ2) is 9.07. The van der Waals surface area contributed by atoms with Crippen LogP contribution in [0.5, 0.6) is 0 Å². The van der Waals surface area contributed by atoms with Crippen molar-refractivity contribution in [1.29, 1.82) is 0 Å². The van der Waals surface area contributed by atoms with Crippen LogP contribution >= 0.6 is 11.6 Å². The number of H-pyrrole nitrogens is 1. The van der Waals surface area contributed by atoms with Gasteiger partial charge in [-0.05, 0) is 87.3 Å². The van der Waals surface area contributed by atoms with Gasteiger partial charge in [-0.1, -0.05) is 23.7 Å². The molecular weight excluding hydrogens is 420 g/mol. The number of carbonyl (C=O) groups is 1. The Morgan fingerprint density at radius 3 is 2.91 bits per heavy atom. The molecule has 2 aromatic heterocycles. The number of aromatic nitrogens is 3. The second-order valence-corrected chi connectivity index (χ2v) is 9.61. The first-order valence-corrected chi connectivity index (χ1v) is 12.0. The van der Waals surface area contributed by atoms with Gasteiger partial charge in [-0.25, -0.2) is 0 Å². The van der Waals surface area contributed by atoms with E-state index >= 15 is 0 Å². The van der Waals surface area contributed by atoms with Gasteiger partial charge < -0.3 is 4.90 Å². The number of amides is 1. The maximum Gasteiger partial charge on any atom is 0.274 e. The van der Waals surface area contributed by atoms with Crippen LogP contribution < -0.4 is 0 Å². The van der Waals surface area contributed by atoms with Crippen molar-refractivity contribution in [1.82, 2.24) is 20.1 Å². The SMILES string of the molecule is Cc1cc(Cc2cccc(Cl)c2)cc(C2CCCN(C(=O)c3n[nH]c4c3CCCC4)C2)n1. The van der Waals surface area contributed by atoms with Crippen LogP contribution in [0.4, 0.5) is 0 Å². The van der Waals surface area contributed by atoms with Gasteiger partial charge >= 0.3 is 0 Å². The molecule has 1 aromatic carbocycles. The Labute approximate surface area is 194 Å². The molecule has 6 heteroatoms. The van der Waals surface area contributed by atoms with Crippen LogP contribution in [0.3, 0.4) is 0 Å². The number of aryl methyl sites for hydroxylation is 2. The van der Waals surface area contributed by atoms with Crippen molar-refractivity contribution >= 4 is 17.5 Å². The van der Waals surface area contributed by atoms with Gasteiger partial charge in [0.2, 0.25) is 0 Å². The van der Waals surface area contributed by atoms with Gasteiger partial charge in [-0.15, -0.1) is 0 Å². The molecule has 1 fully saturated rings. The molecule has 1 atom stereocenters. The highest BCUT2D eigenvalue weighted by atomic mass is 35.5. The number of fused-ring (bicyclic) bond motifs is 1. The lowest BCUT2D eigenvalue weighted by molar-refractivity contribution is 0.0698. The van der Waals surface area contributed by atoms with Gasteiger partial charge in [0.15, 0.2) is 5.69 Å². The summed E-state index contributed by atoms with van der Waals surface area (Å²) in [6, 6.07) is 12.4. The maximum absolute atomic E-state index is 13.3. The number of hydrogen-bond donors (Lipinski definition) is 1. The molecule has 1 unspecified atom stereocenters. The van der Waals surface area contributed by atoms with E-state index < -0.39 is 0 Å². The summed E-state index contributed by atoms with van der Waals surface area (Å²) in [7, 11) is 0. The molecule has 0 saturated carbocycles. The fourth-order valence-electron chi connectivity index (χ4n) is 5.17. The van der Waals surface area contributed by atoms with Crippen LogP contribution in [-0.2, 0) is 19.3 Å². The minimum absolute atomic E-state index is 0.0703. The Bertz CT molecular complexity index is 1140. The molecule has 1 aliphatic carbocycles. The summed E-state index contributed by atoms with van der Waals surface area (Å²) >= 11 is 6.17. The number of carbonyl (C=O) groups excluding carboxylic acids is 1. The molecular formula is C26H29ClN4O. The molecule has 5 nitrogen and oxygen atoms in total. The lowest BCUT2D eigenvalue weighted by Crippen LogP contribution is -2.40. The quantitative estimate of drug-likeness (QED) is 0.592. The van der Waals surface area contributed by atoms with Crippen LogP contribution in [0.15, 0.2) is 36.4 Å². The third-order valence-electron chi connectivity index (χ3n) is 6.72. The monoisotopic (exact) mass is 448 g/mol. The van der Waals surface area contributed by atoms with Crippen molar-refractivity contribution in [3.63, 3.8) is 0 Å². The van der Waals surface area contributed by atoms with E-state index in [0.29, 0.717) is 12.2 Å². The van der Waals surface area contributed by atoms with Gasteiger partial charge in [0.25, 0.3) is 5.91 Å². The minimum Gasteiger partial charge on any atom is -0.337 e. The first kappa shape index (κ1) is 21.2. The van der Waals surface area contributed by atoms with E-state index in [1.54, 1.807) is 0 Å². The Balaban J connectivity index is 1.34. The fourth-order valence-corrected chi connectivity index (χ4v) is 5.39. The highest BCUT2D eigenvalue weighted by Crippen LogP contribution is 2.30. The molecule has 5 rings (SSSR count). The van der Waals surface area contributed by atoms with Crippen molar-refractivity contribution in [2.24, 2.45) is 0 Å². The second-order valence-electron chi connectivity index (χ2n) is 9.18. The molecule has 0 radical (unpaired) electrons. The summed E-state index contributed by atoms with van der Waals surface area (Å²) in [6.07, 6.45) is 7.13. The Hall–Kier alpha value is -2.66. The predicted molar refractivity (Wildman–Crippen MR) is 126 cm³/mol. The number of hydrogen-bond acceptors (Lipinski definition) is 3. The molecule has 3 heterocycles. The largest absolute Gasteiger partial charge is 0.337 e. The van der Waals surface area contributed by atoms with Gasteiger partial charge in [0, 0.05) is 46.7 Å². The molecule has 3 aromatic rings. The number of benzene rings is 1. The number of halogens is 1. The number of pyridine rings is 1. The van der Waals surface area contributed by atoms with Crippen molar-refractivity contribution in [2.45, 2.75) is 57.8 Å². The Morgan fingerprint density at radius 2 is 2.03 bits per heavy atom. The average Bonchev–Trinajstić information content (AvgIpc) is 3.22. The standard InChI is InChI=1S/C26H29ClN4O/c1-17-12-19(13-18-6-4-8-21(27)14-18)15-24(28-17)20-7-5-11-31(16-20)26(32)25-22-9-2-3-10-23(22)29-30-25/h4,6,8,12,14-15,20H,2-3,5,7,9-11,13,16H2,1H3,(H,29,30). The highest BCUT2D eigenvalue weighted by Gasteiger charge is 2.30. The zero-order valence-corrected chi connectivity index (χ0v) is 19.3. The molecule has 1 saturated heterocycles. The van der Waals surface area contributed by atoms with Crippen LogP contribution in [0.25, 0.3) is 0 Å². The van der Waals surface area contributed by atoms with E-state index in [4.69, 9.17) is 16.6 Å². The fraction of sp³-hybridized carbons (Fsp3) is 0.423. The zero-order valence-electron chi connectivity index (χ0n) is 18.5. The number of nitrogens with one attached hydrogen (secondary N) is 1. The first-order chi connectivity index (χ1) is 15.6. The number of aromatic amines is 1. The minimum atomic E-state index is 0.0703. The zero-order chi connectivity index (χ0) is 22.1. The normalized spacial score (nSPS) is 18.4.